The summed E-state index contributed by atoms with van der Waals surface area (Å²) in [6, 6.07) is 5.69. The number of carbonyl (C=O) groups is 2. The van der Waals surface area contributed by atoms with E-state index in [0.29, 0.717) is 29.4 Å². The number of hydrogen-bond acceptors (Lipinski definition) is 6. The Morgan fingerprint density at radius 3 is 2.69 bits per heavy atom. The third-order valence-electron chi connectivity index (χ3n) is 5.94. The van der Waals surface area contributed by atoms with Crippen molar-refractivity contribution in [2.75, 3.05) is 26.8 Å². The van der Waals surface area contributed by atoms with Gasteiger partial charge in [-0.3, -0.25) is 9.59 Å². The summed E-state index contributed by atoms with van der Waals surface area (Å²) in [6.45, 7) is 10.9. The van der Waals surface area contributed by atoms with E-state index in [1.54, 1.807) is 7.11 Å². The molecule has 32 heavy (non-hydrogen) atoms. The lowest BCUT2D eigenvalue weighted by Crippen LogP contribution is -2.50. The fourth-order valence-electron chi connectivity index (χ4n) is 3.58. The minimum atomic E-state index is -0.539. The van der Waals surface area contributed by atoms with Gasteiger partial charge in [0.05, 0.1) is 5.69 Å². The van der Waals surface area contributed by atoms with E-state index in [1.807, 2.05) is 57.7 Å². The van der Waals surface area contributed by atoms with E-state index >= 15 is 0 Å². The second kappa shape index (κ2) is 10.0. The number of nitrogens with zero attached hydrogens (tertiary/aromatic N) is 2. The summed E-state index contributed by atoms with van der Waals surface area (Å²) in [5.74, 6) is 0.461. The zero-order chi connectivity index (χ0) is 23.5. The number of methoxy groups -OCH3 is 1. The number of likely N-dealkylation sites (tertiary alicyclic amines) is 1. The molecule has 1 aliphatic rings. The van der Waals surface area contributed by atoms with E-state index in [4.69, 9.17) is 9.47 Å². The molecule has 0 radical (unpaired) electrons. The standard InChI is InChI=1S/C24H33N3O4S/c1-15-9-10-19(12-16(15)2)31-14-20(28)26-18-8-7-11-27(13-18)22(29)21-17(3)25-23(32-21)24(4,5)30-6/h9-10,12,18H,7-8,11,13-14H2,1-6H3,(H,26,28). The fourth-order valence-corrected chi connectivity index (χ4v) is 4.70. The number of rotatable bonds is 7. The first-order valence-corrected chi connectivity index (χ1v) is 11.7. The first-order valence-electron chi connectivity index (χ1n) is 10.9. The number of amides is 2. The molecule has 7 nitrogen and oxygen atoms in total. The largest absolute Gasteiger partial charge is 0.484 e. The van der Waals surface area contributed by atoms with Crippen LogP contribution in [0.15, 0.2) is 18.2 Å². The maximum absolute atomic E-state index is 13.2. The van der Waals surface area contributed by atoms with Crippen LogP contribution in [0.2, 0.25) is 0 Å². The minimum absolute atomic E-state index is 0.0384. The number of aryl methyl sites for hydroxylation is 3. The number of thiazole rings is 1. The van der Waals surface area contributed by atoms with Crippen LogP contribution in [0, 0.1) is 20.8 Å². The Morgan fingerprint density at radius 1 is 1.25 bits per heavy atom. The summed E-state index contributed by atoms with van der Waals surface area (Å²) in [5.41, 5.74) is 2.48. The second-order valence-corrected chi connectivity index (χ2v) is 9.84. The summed E-state index contributed by atoms with van der Waals surface area (Å²) >= 11 is 1.38. The van der Waals surface area contributed by atoms with Crippen molar-refractivity contribution in [3.63, 3.8) is 0 Å². The molecule has 1 unspecified atom stereocenters. The SMILES string of the molecule is COC(C)(C)c1nc(C)c(C(=O)N2CCCC(NC(=O)COc3ccc(C)c(C)c3)C2)s1. The van der Waals surface area contributed by atoms with Gasteiger partial charge >= 0.3 is 0 Å². The van der Waals surface area contributed by atoms with Crippen molar-refractivity contribution in [2.24, 2.45) is 0 Å². The molecule has 0 bridgehead atoms. The van der Waals surface area contributed by atoms with Gasteiger partial charge in [-0.15, -0.1) is 11.3 Å². The number of nitrogens with one attached hydrogen (secondary N) is 1. The molecule has 1 aliphatic heterocycles. The average Bonchev–Trinajstić information content (AvgIpc) is 3.16. The van der Waals surface area contributed by atoms with Crippen LogP contribution in [0.4, 0.5) is 0 Å². The lowest BCUT2D eigenvalue weighted by molar-refractivity contribution is -0.124. The smallest absolute Gasteiger partial charge is 0.265 e. The van der Waals surface area contributed by atoms with Crippen molar-refractivity contribution in [1.29, 1.82) is 0 Å². The number of benzene rings is 1. The predicted molar refractivity (Wildman–Crippen MR) is 125 cm³/mol. The third-order valence-corrected chi connectivity index (χ3v) is 7.39. The molecule has 0 spiro atoms. The Kier molecular flexibility index (Phi) is 7.56. The van der Waals surface area contributed by atoms with Crippen LogP contribution in [0.5, 0.6) is 5.75 Å². The van der Waals surface area contributed by atoms with E-state index in [9.17, 15) is 9.59 Å². The van der Waals surface area contributed by atoms with Gasteiger partial charge in [0.25, 0.3) is 11.8 Å². The number of carbonyl (C=O) groups excluding carboxylic acids is 2. The van der Waals surface area contributed by atoms with Gasteiger partial charge in [-0.1, -0.05) is 6.07 Å². The van der Waals surface area contributed by atoms with E-state index < -0.39 is 5.60 Å². The molecule has 2 heterocycles. The lowest BCUT2D eigenvalue weighted by Gasteiger charge is -2.33. The highest BCUT2D eigenvalue weighted by molar-refractivity contribution is 7.14. The summed E-state index contributed by atoms with van der Waals surface area (Å²) < 4.78 is 11.1. The first kappa shape index (κ1) is 24.2. The lowest BCUT2D eigenvalue weighted by atomic mass is 10.1. The fraction of sp³-hybridized carbons (Fsp3) is 0.542. The molecule has 2 amide bonds. The predicted octanol–water partition coefficient (Wildman–Crippen LogP) is 3.75. The van der Waals surface area contributed by atoms with Crippen molar-refractivity contribution >= 4 is 23.2 Å². The molecule has 1 atom stereocenters. The number of aromatic nitrogens is 1. The molecule has 174 valence electrons. The van der Waals surface area contributed by atoms with Crippen LogP contribution in [0.1, 0.15) is 58.2 Å². The van der Waals surface area contributed by atoms with Crippen LogP contribution in [0.25, 0.3) is 0 Å². The maximum Gasteiger partial charge on any atom is 0.265 e. The van der Waals surface area contributed by atoms with Gasteiger partial charge in [-0.25, -0.2) is 4.98 Å². The Bertz CT molecular complexity index is 986. The van der Waals surface area contributed by atoms with E-state index in [2.05, 4.69) is 10.3 Å². The van der Waals surface area contributed by atoms with E-state index in [0.717, 1.165) is 23.4 Å². The second-order valence-electron chi connectivity index (χ2n) is 8.84. The molecular formula is C24H33N3O4S. The van der Waals surface area contributed by atoms with Crippen molar-refractivity contribution in [3.8, 4) is 5.75 Å². The minimum Gasteiger partial charge on any atom is -0.484 e. The molecule has 1 saturated heterocycles. The highest BCUT2D eigenvalue weighted by Crippen LogP contribution is 2.31. The Hall–Kier alpha value is -2.45. The maximum atomic E-state index is 13.2. The van der Waals surface area contributed by atoms with Crippen molar-refractivity contribution in [3.05, 3.63) is 44.9 Å². The van der Waals surface area contributed by atoms with Gasteiger partial charge in [0, 0.05) is 26.2 Å². The molecule has 3 rings (SSSR count). The van der Waals surface area contributed by atoms with Gasteiger partial charge in [0.2, 0.25) is 0 Å². The van der Waals surface area contributed by atoms with Crippen LogP contribution < -0.4 is 10.1 Å². The van der Waals surface area contributed by atoms with Gasteiger partial charge in [-0.05, 0) is 70.7 Å². The third kappa shape index (κ3) is 5.66. The van der Waals surface area contributed by atoms with Crippen LogP contribution in [0.3, 0.4) is 0 Å². The molecule has 8 heteroatoms. The number of ether oxygens (including phenoxy) is 2. The van der Waals surface area contributed by atoms with Gasteiger partial charge in [0.15, 0.2) is 6.61 Å². The van der Waals surface area contributed by atoms with Gasteiger partial charge in [0.1, 0.15) is 21.2 Å². The summed E-state index contributed by atoms with van der Waals surface area (Å²) in [6.07, 6.45) is 1.67. The molecule has 0 saturated carbocycles. The van der Waals surface area contributed by atoms with Crippen LogP contribution >= 0.6 is 11.3 Å². The summed E-state index contributed by atoms with van der Waals surface area (Å²) in [7, 11) is 1.64. The molecule has 1 fully saturated rings. The summed E-state index contributed by atoms with van der Waals surface area (Å²) in [5, 5.41) is 3.80. The first-order chi connectivity index (χ1) is 15.1. The quantitative estimate of drug-likeness (QED) is 0.682. The Morgan fingerprint density at radius 2 is 2.00 bits per heavy atom. The van der Waals surface area contributed by atoms with Gasteiger partial charge < -0.3 is 19.7 Å². The Balaban J connectivity index is 1.57. The molecule has 1 aromatic carbocycles. The molecule has 1 N–H and O–H groups in total. The highest BCUT2D eigenvalue weighted by Gasteiger charge is 2.31. The molecule has 0 aliphatic carbocycles. The topological polar surface area (TPSA) is 80.8 Å². The molecular weight excluding hydrogens is 426 g/mol. The average molecular weight is 460 g/mol. The monoisotopic (exact) mass is 459 g/mol. The number of hydrogen-bond donors (Lipinski definition) is 1. The number of piperidine rings is 1. The van der Waals surface area contributed by atoms with Crippen LogP contribution in [-0.2, 0) is 15.1 Å². The highest BCUT2D eigenvalue weighted by atomic mass is 32.1. The van der Waals surface area contributed by atoms with Crippen molar-refractivity contribution in [2.45, 2.75) is 59.1 Å². The zero-order valence-corrected chi connectivity index (χ0v) is 20.6. The zero-order valence-electron chi connectivity index (χ0n) is 19.8. The Labute approximate surface area is 194 Å². The van der Waals surface area contributed by atoms with E-state index in [-0.39, 0.29) is 24.5 Å². The van der Waals surface area contributed by atoms with Gasteiger partial charge in [-0.2, -0.15) is 0 Å². The summed E-state index contributed by atoms with van der Waals surface area (Å²) in [4.78, 5) is 32.6. The van der Waals surface area contributed by atoms with E-state index in [1.165, 1.54) is 16.9 Å². The molecule has 2 aromatic rings. The van der Waals surface area contributed by atoms with Crippen molar-refractivity contribution in [1.82, 2.24) is 15.2 Å². The van der Waals surface area contributed by atoms with Crippen LogP contribution in [-0.4, -0.2) is 54.5 Å². The van der Waals surface area contributed by atoms with Crippen molar-refractivity contribution < 1.29 is 19.1 Å². The normalized spacial score (nSPS) is 16.7. The molecule has 1 aromatic heterocycles.